The predicted octanol–water partition coefficient (Wildman–Crippen LogP) is 6.36. The van der Waals surface area contributed by atoms with Crippen LogP contribution in [-0.4, -0.2) is 5.78 Å². The van der Waals surface area contributed by atoms with Crippen molar-refractivity contribution in [3.8, 4) is 6.07 Å². The van der Waals surface area contributed by atoms with Gasteiger partial charge in [0.15, 0.2) is 5.78 Å². The van der Waals surface area contributed by atoms with Crippen LogP contribution < -0.4 is 10.6 Å². The van der Waals surface area contributed by atoms with Crippen LogP contribution >= 0.6 is 22.9 Å². The Balaban J connectivity index is 1.87. The van der Waals surface area contributed by atoms with E-state index in [0.717, 1.165) is 59.5 Å². The van der Waals surface area contributed by atoms with E-state index in [4.69, 9.17) is 17.3 Å². The smallest absolute Gasteiger partial charge is 0.161 e. The van der Waals surface area contributed by atoms with Gasteiger partial charge in [0, 0.05) is 38.2 Å². The van der Waals surface area contributed by atoms with E-state index in [-0.39, 0.29) is 11.7 Å². The Kier molecular flexibility index (Phi) is 6.22. The van der Waals surface area contributed by atoms with Crippen molar-refractivity contribution in [1.82, 2.24) is 0 Å². The molecule has 2 aromatic rings. The van der Waals surface area contributed by atoms with Gasteiger partial charge in [-0.25, -0.2) is 0 Å². The fourth-order valence-electron chi connectivity index (χ4n) is 4.42. The van der Waals surface area contributed by atoms with Gasteiger partial charge >= 0.3 is 0 Å². The number of ketones is 1. The van der Waals surface area contributed by atoms with E-state index < -0.39 is 0 Å². The molecule has 0 radical (unpaired) electrons. The van der Waals surface area contributed by atoms with E-state index in [1.165, 1.54) is 4.88 Å². The number of nitrogens with zero attached hydrogens (tertiary/aromatic N) is 2. The molecule has 4 rings (SSSR count). The zero-order valence-corrected chi connectivity index (χ0v) is 19.4. The lowest BCUT2D eigenvalue weighted by atomic mass is 9.78. The van der Waals surface area contributed by atoms with Gasteiger partial charge in [-0.1, -0.05) is 31.0 Å². The van der Waals surface area contributed by atoms with Gasteiger partial charge in [0.05, 0.1) is 17.6 Å². The minimum atomic E-state index is -0.384. The van der Waals surface area contributed by atoms with Crippen molar-refractivity contribution in [3.05, 3.63) is 73.3 Å². The molecule has 1 unspecified atom stereocenters. The lowest BCUT2D eigenvalue weighted by molar-refractivity contribution is -0.116. The summed E-state index contributed by atoms with van der Waals surface area (Å²) in [6.45, 7) is 4.12. The summed E-state index contributed by atoms with van der Waals surface area (Å²) in [6.07, 6.45) is 5.31. The first-order valence-corrected chi connectivity index (χ1v) is 12.0. The molecule has 2 aliphatic rings. The lowest BCUT2D eigenvalue weighted by Crippen LogP contribution is -2.38. The first-order valence-electron chi connectivity index (χ1n) is 10.8. The van der Waals surface area contributed by atoms with Crippen molar-refractivity contribution in [2.24, 2.45) is 5.73 Å². The number of Topliss-reactive ketones (excluding diaryl/α,β-unsaturated/α-hetero) is 1. The Hall–Kier alpha value is -2.55. The van der Waals surface area contributed by atoms with Crippen molar-refractivity contribution >= 4 is 34.4 Å². The molecule has 1 atom stereocenters. The molecule has 0 fully saturated rings. The first kappa shape index (κ1) is 21.7. The van der Waals surface area contributed by atoms with Gasteiger partial charge in [0.1, 0.15) is 5.82 Å². The number of hydrogen-bond donors (Lipinski definition) is 1. The van der Waals surface area contributed by atoms with Gasteiger partial charge in [-0.2, -0.15) is 5.26 Å². The number of unbranched alkanes of at least 4 members (excludes halogenated alkanes) is 1. The summed E-state index contributed by atoms with van der Waals surface area (Å²) in [5.41, 5.74) is 10.4. The Morgan fingerprint density at radius 1 is 1.29 bits per heavy atom. The molecule has 0 amide bonds. The molecule has 2 N–H and O–H groups in total. The Morgan fingerprint density at radius 2 is 2.10 bits per heavy atom. The van der Waals surface area contributed by atoms with E-state index in [1.54, 1.807) is 11.3 Å². The summed E-state index contributed by atoms with van der Waals surface area (Å²) in [7, 11) is 0. The lowest BCUT2D eigenvalue weighted by Gasteiger charge is -2.39. The molecule has 1 aliphatic carbocycles. The highest BCUT2D eigenvalue weighted by atomic mass is 35.5. The van der Waals surface area contributed by atoms with Crippen LogP contribution in [-0.2, 0) is 11.2 Å². The van der Waals surface area contributed by atoms with Crippen LogP contribution in [0.3, 0.4) is 0 Å². The van der Waals surface area contributed by atoms with Crippen molar-refractivity contribution < 1.29 is 4.79 Å². The molecule has 0 saturated carbocycles. The minimum Gasteiger partial charge on any atom is -0.384 e. The third kappa shape index (κ3) is 3.91. The summed E-state index contributed by atoms with van der Waals surface area (Å²) in [5.74, 6) is 0.118. The molecule has 4 nitrogen and oxygen atoms in total. The molecule has 1 aromatic heterocycles. The van der Waals surface area contributed by atoms with E-state index in [1.807, 2.05) is 30.0 Å². The Labute approximate surface area is 192 Å². The van der Waals surface area contributed by atoms with Gasteiger partial charge in [0.2, 0.25) is 0 Å². The molecule has 0 saturated heterocycles. The Morgan fingerprint density at radius 3 is 2.81 bits per heavy atom. The topological polar surface area (TPSA) is 70.1 Å². The summed E-state index contributed by atoms with van der Waals surface area (Å²) in [5, 5.41) is 10.7. The van der Waals surface area contributed by atoms with Gasteiger partial charge in [-0.3, -0.25) is 9.69 Å². The highest BCUT2D eigenvalue weighted by molar-refractivity contribution is 7.12. The van der Waals surface area contributed by atoms with Crippen LogP contribution in [0, 0.1) is 18.3 Å². The summed E-state index contributed by atoms with van der Waals surface area (Å²) in [6, 6.07) is 12.3. The molecule has 6 heteroatoms. The number of aryl methyl sites for hydroxylation is 2. The third-order valence-corrected chi connectivity index (χ3v) is 7.69. The SMILES string of the molecule is CCCCc1ccc(C2C(C#N)=C(N)N(c3ccc(C)c(Cl)c3)C3=C2C(=O)CCC3)s1. The molecule has 160 valence electrons. The average Bonchev–Trinajstić information content (AvgIpc) is 3.22. The summed E-state index contributed by atoms with van der Waals surface area (Å²) < 4.78 is 0. The highest BCUT2D eigenvalue weighted by Gasteiger charge is 2.40. The maximum absolute atomic E-state index is 13.2. The molecular formula is C25H26ClN3OS. The molecule has 0 spiro atoms. The molecule has 31 heavy (non-hydrogen) atoms. The van der Waals surface area contributed by atoms with E-state index >= 15 is 0 Å². The monoisotopic (exact) mass is 451 g/mol. The summed E-state index contributed by atoms with van der Waals surface area (Å²) >= 11 is 8.09. The zero-order chi connectivity index (χ0) is 22.1. The van der Waals surface area contributed by atoms with Crippen LogP contribution in [0.1, 0.15) is 60.3 Å². The van der Waals surface area contributed by atoms with Gasteiger partial charge in [0.25, 0.3) is 0 Å². The average molecular weight is 452 g/mol. The van der Waals surface area contributed by atoms with Gasteiger partial charge in [-0.15, -0.1) is 11.3 Å². The molecule has 0 bridgehead atoms. The largest absolute Gasteiger partial charge is 0.384 e. The minimum absolute atomic E-state index is 0.109. The summed E-state index contributed by atoms with van der Waals surface area (Å²) in [4.78, 5) is 17.4. The predicted molar refractivity (Wildman–Crippen MR) is 127 cm³/mol. The highest BCUT2D eigenvalue weighted by Crippen LogP contribution is 2.48. The third-order valence-electron chi connectivity index (χ3n) is 6.07. The number of halogens is 1. The molecular weight excluding hydrogens is 426 g/mol. The number of rotatable bonds is 5. The van der Waals surface area contributed by atoms with Crippen LogP contribution in [0.5, 0.6) is 0 Å². The number of benzene rings is 1. The number of thiophene rings is 1. The number of nitriles is 1. The number of carbonyl (C=O) groups excluding carboxylic acids is 1. The maximum atomic E-state index is 13.2. The number of nitrogens with two attached hydrogens (primary N) is 1. The van der Waals surface area contributed by atoms with Crippen LogP contribution in [0.15, 0.2) is 53.0 Å². The van der Waals surface area contributed by atoms with Crippen LogP contribution in [0.2, 0.25) is 5.02 Å². The van der Waals surface area contributed by atoms with Crippen molar-refractivity contribution in [1.29, 1.82) is 5.26 Å². The van der Waals surface area contributed by atoms with Gasteiger partial charge in [-0.05, 0) is 62.4 Å². The van der Waals surface area contributed by atoms with Gasteiger partial charge < -0.3 is 5.73 Å². The molecule has 2 heterocycles. The second-order valence-corrected chi connectivity index (χ2v) is 9.76. The van der Waals surface area contributed by atoms with Crippen molar-refractivity contribution in [2.75, 3.05) is 4.90 Å². The quantitative estimate of drug-likeness (QED) is 0.574. The number of carbonyl (C=O) groups is 1. The van der Waals surface area contributed by atoms with E-state index in [0.29, 0.717) is 22.8 Å². The molecule has 1 aromatic carbocycles. The Bertz CT molecular complexity index is 1140. The van der Waals surface area contributed by atoms with Crippen LogP contribution in [0.4, 0.5) is 5.69 Å². The second kappa shape index (κ2) is 8.90. The second-order valence-electron chi connectivity index (χ2n) is 8.16. The standard InChI is InChI=1S/C25H26ClN3OS/c1-3-4-6-17-11-12-22(31-17)23-18(14-27)25(28)29(16-10-9-15(2)19(26)13-16)20-7-5-8-21(30)24(20)23/h9-13,23H,3-8,28H2,1-2H3. The number of hydrogen-bond acceptors (Lipinski definition) is 5. The number of allylic oxidation sites excluding steroid dienone is 3. The zero-order valence-electron chi connectivity index (χ0n) is 17.9. The van der Waals surface area contributed by atoms with E-state index in [9.17, 15) is 10.1 Å². The fourth-order valence-corrected chi connectivity index (χ4v) is 5.77. The normalized spacial score (nSPS) is 19.0. The molecule has 1 aliphatic heterocycles. The fraction of sp³-hybridized carbons (Fsp3) is 0.360. The maximum Gasteiger partial charge on any atom is 0.161 e. The van der Waals surface area contributed by atoms with Crippen LogP contribution in [0.25, 0.3) is 0 Å². The first-order chi connectivity index (χ1) is 15.0. The van der Waals surface area contributed by atoms with Crippen molar-refractivity contribution in [3.63, 3.8) is 0 Å². The number of anilines is 1. The van der Waals surface area contributed by atoms with Crippen molar-refractivity contribution in [2.45, 2.75) is 58.3 Å². The van der Waals surface area contributed by atoms with E-state index in [2.05, 4.69) is 25.1 Å².